The van der Waals surface area contributed by atoms with Crippen molar-refractivity contribution in [2.75, 3.05) is 12.3 Å². The lowest BCUT2D eigenvalue weighted by Crippen LogP contribution is -2.60. The van der Waals surface area contributed by atoms with Crippen molar-refractivity contribution in [3.8, 4) is 0 Å². The summed E-state index contributed by atoms with van der Waals surface area (Å²) in [6, 6.07) is 0. The van der Waals surface area contributed by atoms with E-state index < -0.39 is 29.3 Å². The highest BCUT2D eigenvalue weighted by atomic mass is 32.2. The molecule has 19 heavy (non-hydrogen) atoms. The van der Waals surface area contributed by atoms with Gasteiger partial charge in [0.05, 0.1) is 6.54 Å². The molecule has 0 saturated heterocycles. The van der Waals surface area contributed by atoms with Gasteiger partial charge in [-0.1, -0.05) is 0 Å². The van der Waals surface area contributed by atoms with Crippen LogP contribution in [0.5, 0.6) is 0 Å². The molecule has 4 saturated carbocycles. The molecule has 6 heteroatoms. The summed E-state index contributed by atoms with van der Waals surface area (Å²) in [6.45, 7) is -0.467. The van der Waals surface area contributed by atoms with Gasteiger partial charge in [-0.15, -0.1) is 0 Å². The van der Waals surface area contributed by atoms with Crippen molar-refractivity contribution in [1.82, 2.24) is 5.32 Å². The van der Waals surface area contributed by atoms with Gasteiger partial charge in [0, 0.05) is 5.54 Å². The Morgan fingerprint density at radius 1 is 1.16 bits per heavy atom. The Kier molecular flexibility index (Phi) is 3.47. The van der Waals surface area contributed by atoms with Gasteiger partial charge < -0.3 is 9.87 Å². The van der Waals surface area contributed by atoms with E-state index in [9.17, 15) is 13.0 Å². The second kappa shape index (κ2) is 4.74. The van der Waals surface area contributed by atoms with Crippen LogP contribution < -0.4 is 5.32 Å². The third-order valence-electron chi connectivity index (χ3n) is 5.09. The number of halogens is 2. The summed E-state index contributed by atoms with van der Waals surface area (Å²) < 4.78 is 46.2. The minimum atomic E-state index is -3.09. The molecule has 3 nitrogen and oxygen atoms in total. The highest BCUT2D eigenvalue weighted by Gasteiger charge is 2.51. The molecule has 0 heterocycles. The van der Waals surface area contributed by atoms with Gasteiger partial charge in [-0.05, 0) is 56.3 Å². The van der Waals surface area contributed by atoms with Crippen LogP contribution in [0.25, 0.3) is 0 Å². The molecule has 0 radical (unpaired) electrons. The van der Waals surface area contributed by atoms with Crippen LogP contribution in [0.1, 0.15) is 38.5 Å². The van der Waals surface area contributed by atoms with Crippen molar-refractivity contribution in [1.29, 1.82) is 0 Å². The molecule has 0 aromatic rings. The smallest absolute Gasteiger partial charge is 0.273 e. The van der Waals surface area contributed by atoms with Crippen LogP contribution >= 0.6 is 0 Å². The maximum Gasteiger partial charge on any atom is 0.273 e. The van der Waals surface area contributed by atoms with Crippen LogP contribution in [0.2, 0.25) is 0 Å². The third kappa shape index (κ3) is 3.00. The molecule has 110 valence electrons. The number of rotatable bonds is 5. The fraction of sp³-hybridized carbons (Fsp3) is 1.00. The maximum absolute atomic E-state index is 13.5. The standard InChI is InChI=1S/C13H21F2NO2S/c14-13(15,8-19(17)18)7-16-12-4-9-1-10(5-12)3-11(2-9)6-12/h9-11,16H,1-8H2,(H,17,18). The first-order valence-electron chi connectivity index (χ1n) is 7.06. The quantitative estimate of drug-likeness (QED) is 0.765. The van der Waals surface area contributed by atoms with Gasteiger partial charge in [-0.2, -0.15) is 0 Å². The number of alkyl halides is 2. The van der Waals surface area contributed by atoms with Crippen molar-refractivity contribution >= 4 is 11.1 Å². The van der Waals surface area contributed by atoms with E-state index in [1.807, 2.05) is 0 Å². The summed E-state index contributed by atoms with van der Waals surface area (Å²) in [6.07, 6.45) is 6.86. The Labute approximate surface area is 114 Å². The fourth-order valence-corrected chi connectivity index (χ4v) is 5.34. The number of nitrogens with one attached hydrogen (secondary N) is 1. The van der Waals surface area contributed by atoms with E-state index in [1.165, 1.54) is 19.3 Å². The Bertz CT molecular complexity index is 354. The fourth-order valence-electron chi connectivity index (χ4n) is 4.88. The summed E-state index contributed by atoms with van der Waals surface area (Å²) in [7, 11) is 0. The Balaban J connectivity index is 1.62. The predicted octanol–water partition coefficient (Wildman–Crippen LogP) is 2.40. The average molecular weight is 293 g/mol. The van der Waals surface area contributed by atoms with Crippen molar-refractivity contribution in [2.45, 2.75) is 50.0 Å². The normalized spacial score (nSPS) is 42.6. The first-order chi connectivity index (χ1) is 8.86. The minimum absolute atomic E-state index is 0.116. The molecule has 4 fully saturated rings. The van der Waals surface area contributed by atoms with E-state index in [0.717, 1.165) is 19.3 Å². The second-order valence-electron chi connectivity index (χ2n) is 6.87. The van der Waals surface area contributed by atoms with E-state index in [0.29, 0.717) is 17.8 Å². The molecule has 4 bridgehead atoms. The van der Waals surface area contributed by atoms with E-state index >= 15 is 0 Å². The van der Waals surface area contributed by atoms with Crippen molar-refractivity contribution in [2.24, 2.45) is 17.8 Å². The van der Waals surface area contributed by atoms with Gasteiger partial charge in [-0.25, -0.2) is 13.0 Å². The lowest BCUT2D eigenvalue weighted by molar-refractivity contribution is -0.0427. The van der Waals surface area contributed by atoms with Crippen LogP contribution in [0, 0.1) is 17.8 Å². The highest BCUT2D eigenvalue weighted by molar-refractivity contribution is 7.79. The predicted molar refractivity (Wildman–Crippen MR) is 69.5 cm³/mol. The lowest BCUT2D eigenvalue weighted by Gasteiger charge is -2.57. The molecule has 0 spiro atoms. The summed E-state index contributed by atoms with van der Waals surface area (Å²) in [5.74, 6) is -1.94. The SMILES string of the molecule is O=S(O)CC(F)(F)CNC12CC3CC(CC(C3)C1)C2. The molecule has 1 unspecified atom stereocenters. The molecule has 0 amide bonds. The van der Waals surface area contributed by atoms with E-state index in [2.05, 4.69) is 5.32 Å². The Hall–Kier alpha value is -0.0700. The molecule has 0 aliphatic heterocycles. The Morgan fingerprint density at radius 2 is 1.63 bits per heavy atom. The van der Waals surface area contributed by atoms with Gasteiger partial charge in [0.2, 0.25) is 0 Å². The lowest BCUT2D eigenvalue weighted by atomic mass is 9.53. The van der Waals surface area contributed by atoms with E-state index in [4.69, 9.17) is 4.55 Å². The first-order valence-corrected chi connectivity index (χ1v) is 8.34. The van der Waals surface area contributed by atoms with Gasteiger partial charge >= 0.3 is 0 Å². The van der Waals surface area contributed by atoms with Crippen molar-refractivity contribution in [3.63, 3.8) is 0 Å². The van der Waals surface area contributed by atoms with Crippen LogP contribution in [0.4, 0.5) is 8.78 Å². The zero-order valence-corrected chi connectivity index (χ0v) is 11.7. The molecular formula is C13H21F2NO2S. The summed E-state index contributed by atoms with van der Waals surface area (Å²) in [4.78, 5) is 0. The molecule has 0 aromatic carbocycles. The van der Waals surface area contributed by atoms with E-state index in [-0.39, 0.29) is 5.54 Å². The molecule has 2 N–H and O–H groups in total. The zero-order valence-electron chi connectivity index (χ0n) is 10.9. The topological polar surface area (TPSA) is 49.3 Å². The van der Waals surface area contributed by atoms with Crippen molar-refractivity contribution < 1.29 is 17.5 Å². The number of hydrogen-bond donors (Lipinski definition) is 2. The van der Waals surface area contributed by atoms with Crippen LogP contribution in [-0.4, -0.2) is 32.5 Å². The highest BCUT2D eigenvalue weighted by Crippen LogP contribution is 2.55. The summed E-state index contributed by atoms with van der Waals surface area (Å²) in [5, 5.41) is 3.08. The molecule has 1 atom stereocenters. The van der Waals surface area contributed by atoms with Crippen molar-refractivity contribution in [3.05, 3.63) is 0 Å². The van der Waals surface area contributed by atoms with E-state index in [1.54, 1.807) is 0 Å². The molecule has 4 aliphatic carbocycles. The summed E-state index contributed by atoms with van der Waals surface area (Å²) >= 11 is -2.44. The third-order valence-corrected chi connectivity index (χ3v) is 5.76. The van der Waals surface area contributed by atoms with Crippen LogP contribution in [0.3, 0.4) is 0 Å². The molecule has 4 aliphatic rings. The molecular weight excluding hydrogens is 272 g/mol. The summed E-state index contributed by atoms with van der Waals surface area (Å²) in [5.41, 5.74) is -0.116. The van der Waals surface area contributed by atoms with Crippen LogP contribution in [0.15, 0.2) is 0 Å². The van der Waals surface area contributed by atoms with Gasteiger partial charge in [0.25, 0.3) is 5.92 Å². The zero-order chi connectivity index (χ0) is 13.7. The maximum atomic E-state index is 13.5. The largest absolute Gasteiger partial charge is 0.306 e. The second-order valence-corrected chi connectivity index (χ2v) is 7.80. The first kappa shape index (κ1) is 13.9. The average Bonchev–Trinajstić information content (AvgIpc) is 2.23. The van der Waals surface area contributed by atoms with Gasteiger partial charge in [0.15, 0.2) is 11.1 Å². The monoisotopic (exact) mass is 293 g/mol. The number of hydrogen-bond acceptors (Lipinski definition) is 2. The molecule has 0 aromatic heterocycles. The van der Waals surface area contributed by atoms with Crippen LogP contribution in [-0.2, 0) is 11.1 Å². The Morgan fingerprint density at radius 3 is 2.05 bits per heavy atom. The van der Waals surface area contributed by atoms with Gasteiger partial charge in [-0.3, -0.25) is 0 Å². The minimum Gasteiger partial charge on any atom is -0.306 e. The van der Waals surface area contributed by atoms with Gasteiger partial charge in [0.1, 0.15) is 5.75 Å². The molecule has 4 rings (SSSR count).